The fourth-order valence-corrected chi connectivity index (χ4v) is 8.04. The van der Waals surface area contributed by atoms with E-state index in [-0.39, 0.29) is 5.60 Å². The van der Waals surface area contributed by atoms with Crippen molar-refractivity contribution in [3.8, 4) is 0 Å². The molecule has 4 aliphatic carbocycles. The minimum atomic E-state index is 0.172. The minimum absolute atomic E-state index is 0.172. The summed E-state index contributed by atoms with van der Waals surface area (Å²) in [7, 11) is 0. The number of hydrogen-bond acceptors (Lipinski definition) is 1. The van der Waals surface area contributed by atoms with Crippen LogP contribution < -0.4 is 0 Å². The van der Waals surface area contributed by atoms with Crippen molar-refractivity contribution >= 4 is 0 Å². The van der Waals surface area contributed by atoms with Crippen LogP contribution in [0.1, 0.15) is 40.5 Å². The Morgan fingerprint density at radius 3 is 2.05 bits per heavy atom. The molecule has 0 aromatic rings. The van der Waals surface area contributed by atoms with Crippen LogP contribution >= 0.6 is 0 Å². The Bertz CT molecular complexity index is 427. The van der Waals surface area contributed by atoms with Crippen LogP contribution in [0, 0.1) is 59.2 Å². The lowest BCUT2D eigenvalue weighted by atomic mass is 9.58. The van der Waals surface area contributed by atoms with E-state index < -0.39 is 0 Å². The molecule has 106 valence electrons. The number of hydrogen-bond donors (Lipinski definition) is 0. The Morgan fingerprint density at radius 1 is 0.789 bits per heavy atom. The van der Waals surface area contributed by atoms with Gasteiger partial charge in [-0.25, -0.2) is 0 Å². The molecular formula is C18H28O. The highest BCUT2D eigenvalue weighted by molar-refractivity contribution is 5.19. The summed E-state index contributed by atoms with van der Waals surface area (Å²) in [5.41, 5.74) is 0.172. The van der Waals surface area contributed by atoms with Gasteiger partial charge in [-0.05, 0) is 85.9 Å². The first-order valence-electron chi connectivity index (χ1n) is 8.64. The molecule has 1 heteroatoms. The molecule has 0 aromatic carbocycles. The molecule has 0 N–H and O–H groups in total. The van der Waals surface area contributed by atoms with E-state index in [2.05, 4.69) is 27.7 Å². The number of rotatable bonds is 0. The molecule has 5 rings (SSSR count). The molecule has 1 nitrogen and oxygen atoms in total. The average Bonchev–Trinajstić information content (AvgIpc) is 3.07. The van der Waals surface area contributed by atoms with Gasteiger partial charge in [-0.3, -0.25) is 0 Å². The predicted octanol–water partition coefficient (Wildman–Crippen LogP) is 3.83. The van der Waals surface area contributed by atoms with Crippen molar-refractivity contribution in [3.05, 3.63) is 0 Å². The SMILES string of the molecule is CC1C(C)C2CC1C1C3CC(C21)C1C3COC1(C)C. The van der Waals surface area contributed by atoms with Crippen LogP contribution in [0.3, 0.4) is 0 Å². The predicted molar refractivity (Wildman–Crippen MR) is 75.5 cm³/mol. The van der Waals surface area contributed by atoms with Crippen molar-refractivity contribution in [1.82, 2.24) is 0 Å². The van der Waals surface area contributed by atoms with E-state index in [4.69, 9.17) is 4.74 Å². The van der Waals surface area contributed by atoms with Gasteiger partial charge < -0.3 is 4.74 Å². The van der Waals surface area contributed by atoms with Gasteiger partial charge in [0.15, 0.2) is 0 Å². The summed E-state index contributed by atoms with van der Waals surface area (Å²) >= 11 is 0. The minimum Gasteiger partial charge on any atom is -0.375 e. The second-order valence-corrected chi connectivity index (χ2v) is 9.10. The van der Waals surface area contributed by atoms with Crippen LogP contribution in [-0.2, 0) is 4.74 Å². The first-order valence-corrected chi connectivity index (χ1v) is 8.64. The Hall–Kier alpha value is -0.0400. The molecule has 10 unspecified atom stereocenters. The topological polar surface area (TPSA) is 9.23 Å². The van der Waals surface area contributed by atoms with Gasteiger partial charge in [0, 0.05) is 0 Å². The van der Waals surface area contributed by atoms with Crippen LogP contribution in [0.5, 0.6) is 0 Å². The second kappa shape index (κ2) is 3.24. The van der Waals surface area contributed by atoms with Crippen LogP contribution in [0.25, 0.3) is 0 Å². The second-order valence-electron chi connectivity index (χ2n) is 9.10. The van der Waals surface area contributed by atoms with E-state index in [9.17, 15) is 0 Å². The van der Waals surface area contributed by atoms with Gasteiger partial charge in [0.05, 0.1) is 12.2 Å². The summed E-state index contributed by atoms with van der Waals surface area (Å²) in [6.07, 6.45) is 3.13. The molecule has 10 atom stereocenters. The first-order chi connectivity index (χ1) is 9.00. The molecule has 0 amide bonds. The standard InChI is InChI=1S/C18H28O/c1-8-9(2)11-5-10(8)15-12-6-13(16(11)15)17-14(12)7-19-18(17,3)4/h8-17H,5-7H2,1-4H3. The van der Waals surface area contributed by atoms with E-state index in [1.54, 1.807) is 12.8 Å². The van der Waals surface area contributed by atoms with Gasteiger partial charge in [-0.15, -0.1) is 0 Å². The van der Waals surface area contributed by atoms with Crippen molar-refractivity contribution < 1.29 is 4.74 Å². The molecule has 4 bridgehead atoms. The zero-order chi connectivity index (χ0) is 13.1. The van der Waals surface area contributed by atoms with Gasteiger partial charge in [-0.1, -0.05) is 13.8 Å². The summed E-state index contributed by atoms with van der Waals surface area (Å²) in [5.74, 6) is 10.2. The molecule has 1 aliphatic heterocycles. The van der Waals surface area contributed by atoms with Gasteiger partial charge >= 0.3 is 0 Å². The Morgan fingerprint density at radius 2 is 1.37 bits per heavy atom. The molecular weight excluding hydrogens is 232 g/mol. The lowest BCUT2D eigenvalue weighted by molar-refractivity contribution is -0.0260. The largest absolute Gasteiger partial charge is 0.375 e. The van der Waals surface area contributed by atoms with Crippen LogP contribution in [0.4, 0.5) is 0 Å². The van der Waals surface area contributed by atoms with Crippen molar-refractivity contribution in [2.45, 2.75) is 46.1 Å². The quantitative estimate of drug-likeness (QED) is 0.601. The smallest absolute Gasteiger partial charge is 0.0661 e. The third-order valence-corrected chi connectivity index (χ3v) is 8.61. The molecule has 19 heavy (non-hydrogen) atoms. The van der Waals surface area contributed by atoms with Gasteiger partial charge in [-0.2, -0.15) is 0 Å². The van der Waals surface area contributed by atoms with Crippen molar-refractivity contribution in [2.24, 2.45) is 59.2 Å². The van der Waals surface area contributed by atoms with Crippen molar-refractivity contribution in [2.75, 3.05) is 6.61 Å². The highest BCUT2D eigenvalue weighted by Gasteiger charge is 2.71. The normalized spacial score (nSPS) is 67.6. The monoisotopic (exact) mass is 260 g/mol. The molecule has 5 fully saturated rings. The first kappa shape index (κ1) is 11.6. The van der Waals surface area contributed by atoms with E-state index in [1.165, 1.54) is 0 Å². The van der Waals surface area contributed by atoms with E-state index in [0.717, 1.165) is 65.8 Å². The maximum absolute atomic E-state index is 6.20. The molecule has 1 heterocycles. The summed E-state index contributed by atoms with van der Waals surface area (Å²) in [6.45, 7) is 10.9. The molecule has 4 saturated carbocycles. The van der Waals surface area contributed by atoms with E-state index in [0.29, 0.717) is 0 Å². The van der Waals surface area contributed by atoms with Gasteiger partial charge in [0.1, 0.15) is 0 Å². The van der Waals surface area contributed by atoms with Gasteiger partial charge in [0.25, 0.3) is 0 Å². The van der Waals surface area contributed by atoms with Crippen LogP contribution in [0.2, 0.25) is 0 Å². The average molecular weight is 260 g/mol. The number of fused-ring (bicyclic) bond motifs is 12. The fourth-order valence-electron chi connectivity index (χ4n) is 8.04. The Balaban J connectivity index is 1.56. The lowest BCUT2D eigenvalue weighted by Gasteiger charge is -2.46. The summed E-state index contributed by atoms with van der Waals surface area (Å²) in [6, 6.07) is 0. The summed E-state index contributed by atoms with van der Waals surface area (Å²) in [5, 5.41) is 0. The third kappa shape index (κ3) is 1.12. The van der Waals surface area contributed by atoms with Gasteiger partial charge in [0.2, 0.25) is 0 Å². The highest BCUT2D eigenvalue weighted by atomic mass is 16.5. The fraction of sp³-hybridized carbons (Fsp3) is 1.00. The molecule has 1 saturated heterocycles. The molecule has 0 aromatic heterocycles. The third-order valence-electron chi connectivity index (χ3n) is 8.61. The molecule has 0 radical (unpaired) electrons. The van der Waals surface area contributed by atoms with Crippen LogP contribution in [-0.4, -0.2) is 12.2 Å². The highest BCUT2D eigenvalue weighted by Crippen LogP contribution is 2.74. The summed E-state index contributed by atoms with van der Waals surface area (Å²) in [4.78, 5) is 0. The van der Waals surface area contributed by atoms with Crippen molar-refractivity contribution in [3.63, 3.8) is 0 Å². The zero-order valence-corrected chi connectivity index (χ0v) is 12.8. The van der Waals surface area contributed by atoms with Crippen molar-refractivity contribution in [1.29, 1.82) is 0 Å². The Labute approximate surface area is 117 Å². The van der Waals surface area contributed by atoms with Crippen LogP contribution in [0.15, 0.2) is 0 Å². The van der Waals surface area contributed by atoms with E-state index >= 15 is 0 Å². The Kier molecular flexibility index (Phi) is 1.98. The lowest BCUT2D eigenvalue weighted by Crippen LogP contribution is -2.45. The maximum atomic E-state index is 6.20. The summed E-state index contributed by atoms with van der Waals surface area (Å²) < 4.78 is 6.20. The van der Waals surface area contributed by atoms with E-state index in [1.807, 2.05) is 0 Å². The molecule has 5 aliphatic rings. The number of ether oxygens (including phenoxy) is 1. The zero-order valence-electron chi connectivity index (χ0n) is 12.8. The molecule has 0 spiro atoms. The maximum Gasteiger partial charge on any atom is 0.0661 e.